The summed E-state index contributed by atoms with van der Waals surface area (Å²) in [4.78, 5) is 24.6. The molecule has 104 valence electrons. The Morgan fingerprint density at radius 2 is 2.05 bits per heavy atom. The minimum absolute atomic E-state index is 0.109. The molecule has 0 radical (unpaired) electrons. The lowest BCUT2D eigenvalue weighted by atomic mass is 10.2. The van der Waals surface area contributed by atoms with Gasteiger partial charge in [-0.3, -0.25) is 14.5 Å². The van der Waals surface area contributed by atoms with Crippen molar-refractivity contribution in [2.45, 2.75) is 6.42 Å². The lowest BCUT2D eigenvalue weighted by molar-refractivity contribution is -0.137. The van der Waals surface area contributed by atoms with Gasteiger partial charge in [-0.2, -0.15) is 0 Å². The summed E-state index contributed by atoms with van der Waals surface area (Å²) in [5, 5.41) is 8.67. The van der Waals surface area contributed by atoms with Crippen molar-refractivity contribution in [1.29, 1.82) is 0 Å². The predicted molar refractivity (Wildman–Crippen MR) is 86.3 cm³/mol. The molecular weight excluding hydrogens is 362 g/mol. The molecule has 0 aliphatic carbocycles. The lowest BCUT2D eigenvalue weighted by Gasteiger charge is -2.12. The highest BCUT2D eigenvalue weighted by atomic mass is 79.9. The third-order valence-electron chi connectivity index (χ3n) is 2.59. The number of amides is 1. The third-order valence-corrected chi connectivity index (χ3v) is 4.50. The average Bonchev–Trinajstić information content (AvgIpc) is 2.65. The van der Waals surface area contributed by atoms with Gasteiger partial charge in [-0.05, 0) is 23.8 Å². The van der Waals surface area contributed by atoms with Crippen molar-refractivity contribution in [3.05, 3.63) is 39.2 Å². The van der Waals surface area contributed by atoms with Crippen LogP contribution in [0.1, 0.15) is 12.0 Å². The number of carboxylic acid groups (broad SMARTS) is 1. The second kappa shape index (κ2) is 6.51. The highest BCUT2D eigenvalue weighted by molar-refractivity contribution is 9.10. The Bertz CT molecular complexity index is 598. The second-order valence-corrected chi connectivity index (χ2v) is 6.62. The number of thiocarbonyl (C=S) groups is 1. The van der Waals surface area contributed by atoms with Crippen molar-refractivity contribution in [2.75, 3.05) is 6.54 Å². The highest BCUT2D eigenvalue weighted by Crippen LogP contribution is 2.32. The van der Waals surface area contributed by atoms with E-state index in [-0.39, 0.29) is 18.9 Å². The van der Waals surface area contributed by atoms with E-state index >= 15 is 0 Å². The largest absolute Gasteiger partial charge is 0.481 e. The van der Waals surface area contributed by atoms with Gasteiger partial charge in [0.1, 0.15) is 4.32 Å². The maximum absolute atomic E-state index is 12.1. The topological polar surface area (TPSA) is 57.6 Å². The minimum atomic E-state index is -0.948. The molecule has 0 spiro atoms. The van der Waals surface area contributed by atoms with Gasteiger partial charge in [0.2, 0.25) is 0 Å². The van der Waals surface area contributed by atoms with Gasteiger partial charge < -0.3 is 5.11 Å². The number of halogens is 1. The summed E-state index contributed by atoms with van der Waals surface area (Å²) < 4.78 is 1.36. The van der Waals surface area contributed by atoms with Crippen LogP contribution < -0.4 is 0 Å². The standard InChI is InChI=1S/C13H10BrNO3S2/c14-9-3-1-8(2-4-9)7-10-12(18)15(13(19)20-10)6-5-11(16)17/h1-4,7H,5-6H2,(H,16,17)/b10-7-. The molecule has 1 aliphatic heterocycles. The Morgan fingerprint density at radius 1 is 1.40 bits per heavy atom. The first-order valence-electron chi connectivity index (χ1n) is 5.70. The number of hydrogen-bond acceptors (Lipinski definition) is 4. The monoisotopic (exact) mass is 371 g/mol. The fraction of sp³-hybridized carbons (Fsp3) is 0.154. The first kappa shape index (κ1) is 15.2. The van der Waals surface area contributed by atoms with E-state index in [1.807, 2.05) is 24.3 Å². The van der Waals surface area contributed by atoms with Crippen LogP contribution >= 0.6 is 39.9 Å². The molecule has 0 unspecified atom stereocenters. The van der Waals surface area contributed by atoms with Crippen LogP contribution in [0.25, 0.3) is 6.08 Å². The molecule has 1 N–H and O–H groups in total. The number of carboxylic acids is 1. The molecule has 7 heteroatoms. The van der Waals surface area contributed by atoms with Gasteiger partial charge in [0.25, 0.3) is 5.91 Å². The Kier molecular flexibility index (Phi) is 4.95. The van der Waals surface area contributed by atoms with Crippen LogP contribution in [0.2, 0.25) is 0 Å². The normalized spacial score (nSPS) is 17.1. The Balaban J connectivity index is 2.14. The molecular formula is C13H10BrNO3S2. The Hall–Kier alpha value is -1.18. The fourth-order valence-corrected chi connectivity index (χ4v) is 3.18. The minimum Gasteiger partial charge on any atom is -0.481 e. The van der Waals surface area contributed by atoms with Gasteiger partial charge in [0, 0.05) is 11.0 Å². The van der Waals surface area contributed by atoms with Crippen molar-refractivity contribution in [3.63, 3.8) is 0 Å². The summed E-state index contributed by atoms with van der Waals surface area (Å²) in [7, 11) is 0. The molecule has 1 heterocycles. The van der Waals surface area contributed by atoms with Gasteiger partial charge >= 0.3 is 5.97 Å². The van der Waals surface area contributed by atoms with E-state index in [2.05, 4.69) is 15.9 Å². The van der Waals surface area contributed by atoms with Gasteiger partial charge in [0.05, 0.1) is 11.3 Å². The summed E-state index contributed by atoms with van der Waals surface area (Å²) in [6.07, 6.45) is 1.64. The summed E-state index contributed by atoms with van der Waals surface area (Å²) in [6.45, 7) is 0.109. The maximum Gasteiger partial charge on any atom is 0.305 e. The number of hydrogen-bond donors (Lipinski definition) is 1. The SMILES string of the molecule is O=C(O)CCN1C(=O)/C(=C/c2ccc(Br)cc2)SC1=S. The molecule has 1 amide bonds. The van der Waals surface area contributed by atoms with E-state index in [1.54, 1.807) is 6.08 Å². The number of aliphatic carboxylic acids is 1. The second-order valence-electron chi connectivity index (χ2n) is 4.03. The first-order valence-corrected chi connectivity index (χ1v) is 7.72. The van der Waals surface area contributed by atoms with E-state index in [0.717, 1.165) is 10.0 Å². The van der Waals surface area contributed by atoms with E-state index in [0.29, 0.717) is 9.23 Å². The van der Waals surface area contributed by atoms with Crippen LogP contribution in [0.5, 0.6) is 0 Å². The first-order chi connectivity index (χ1) is 9.47. The van der Waals surface area contributed by atoms with Crippen molar-refractivity contribution in [3.8, 4) is 0 Å². The van der Waals surface area contributed by atoms with Crippen LogP contribution in [0.15, 0.2) is 33.6 Å². The molecule has 1 fully saturated rings. The molecule has 0 atom stereocenters. The zero-order valence-corrected chi connectivity index (χ0v) is 13.4. The fourth-order valence-electron chi connectivity index (χ4n) is 1.61. The maximum atomic E-state index is 12.1. The molecule has 1 aliphatic rings. The molecule has 0 saturated carbocycles. The van der Waals surface area contributed by atoms with Crippen molar-refractivity contribution < 1.29 is 14.7 Å². The zero-order chi connectivity index (χ0) is 14.7. The van der Waals surface area contributed by atoms with Crippen LogP contribution in [-0.4, -0.2) is 32.7 Å². The van der Waals surface area contributed by atoms with Crippen molar-refractivity contribution >= 4 is 62.2 Å². The molecule has 20 heavy (non-hydrogen) atoms. The van der Waals surface area contributed by atoms with Gasteiger partial charge in [-0.1, -0.05) is 52.0 Å². The number of rotatable bonds is 4. The van der Waals surface area contributed by atoms with Crippen LogP contribution in [0.3, 0.4) is 0 Å². The number of carbonyl (C=O) groups excluding carboxylic acids is 1. The van der Waals surface area contributed by atoms with E-state index in [4.69, 9.17) is 17.3 Å². The molecule has 4 nitrogen and oxygen atoms in total. The number of benzene rings is 1. The van der Waals surface area contributed by atoms with E-state index in [1.165, 1.54) is 16.7 Å². The number of thioether (sulfide) groups is 1. The zero-order valence-electron chi connectivity index (χ0n) is 10.2. The molecule has 0 aromatic heterocycles. The predicted octanol–water partition coefficient (Wildman–Crippen LogP) is 3.13. The van der Waals surface area contributed by atoms with E-state index in [9.17, 15) is 9.59 Å². The lowest BCUT2D eigenvalue weighted by Crippen LogP contribution is -2.30. The molecule has 1 saturated heterocycles. The smallest absolute Gasteiger partial charge is 0.305 e. The van der Waals surface area contributed by atoms with E-state index < -0.39 is 5.97 Å². The molecule has 1 aromatic rings. The third kappa shape index (κ3) is 3.68. The molecule has 2 rings (SSSR count). The summed E-state index contributed by atoms with van der Waals surface area (Å²) >= 11 is 9.65. The number of carbonyl (C=O) groups is 2. The van der Waals surface area contributed by atoms with Crippen LogP contribution in [-0.2, 0) is 9.59 Å². The Morgan fingerprint density at radius 3 is 2.65 bits per heavy atom. The summed E-state index contributed by atoms with van der Waals surface area (Å²) in [5.74, 6) is -1.18. The van der Waals surface area contributed by atoms with Gasteiger partial charge in [0.15, 0.2) is 0 Å². The molecule has 1 aromatic carbocycles. The van der Waals surface area contributed by atoms with Gasteiger partial charge in [-0.15, -0.1) is 0 Å². The van der Waals surface area contributed by atoms with Crippen LogP contribution in [0.4, 0.5) is 0 Å². The summed E-state index contributed by atoms with van der Waals surface area (Å²) in [6, 6.07) is 7.54. The van der Waals surface area contributed by atoms with Crippen molar-refractivity contribution in [2.24, 2.45) is 0 Å². The average molecular weight is 372 g/mol. The summed E-state index contributed by atoms with van der Waals surface area (Å²) in [5.41, 5.74) is 0.895. The van der Waals surface area contributed by atoms with Gasteiger partial charge in [-0.25, -0.2) is 0 Å². The number of nitrogens with zero attached hydrogens (tertiary/aromatic N) is 1. The van der Waals surface area contributed by atoms with Crippen molar-refractivity contribution in [1.82, 2.24) is 4.90 Å². The van der Waals surface area contributed by atoms with Crippen LogP contribution in [0, 0.1) is 0 Å². The quantitative estimate of drug-likeness (QED) is 0.650. The highest BCUT2D eigenvalue weighted by Gasteiger charge is 2.31. The molecule has 0 bridgehead atoms. The Labute approximate surface area is 134 Å².